The van der Waals surface area contributed by atoms with E-state index in [4.69, 9.17) is 9.26 Å². The number of hydrazine groups is 1. The van der Waals surface area contributed by atoms with Crippen LogP contribution in [0.2, 0.25) is 0 Å². The molecule has 2 aromatic rings. The molecule has 2 amide bonds. The van der Waals surface area contributed by atoms with Gasteiger partial charge in [0.05, 0.1) is 13.2 Å². The second-order valence-corrected chi connectivity index (χ2v) is 8.44. The lowest BCUT2D eigenvalue weighted by Crippen LogP contribution is -2.57. The van der Waals surface area contributed by atoms with Crippen molar-refractivity contribution in [1.82, 2.24) is 20.5 Å². The SMILES string of the molecule is Cc1cc(C)c(-c2cc(C(=O)N3CCCC[C@H]3C(=O)NN3CCOCC3)no2)c(C)c1. The molecule has 2 aliphatic heterocycles. The molecule has 3 heterocycles. The smallest absolute Gasteiger partial charge is 0.276 e. The van der Waals surface area contributed by atoms with Crippen LogP contribution in [0.4, 0.5) is 0 Å². The molecular formula is C23H30N4O4. The summed E-state index contributed by atoms with van der Waals surface area (Å²) in [6.07, 6.45) is 2.42. The number of carbonyl (C=O) groups is 2. The zero-order chi connectivity index (χ0) is 22.0. The van der Waals surface area contributed by atoms with Gasteiger partial charge in [0.1, 0.15) is 6.04 Å². The van der Waals surface area contributed by atoms with Gasteiger partial charge in [0, 0.05) is 31.3 Å². The van der Waals surface area contributed by atoms with Crippen LogP contribution in [0.3, 0.4) is 0 Å². The summed E-state index contributed by atoms with van der Waals surface area (Å²) in [5, 5.41) is 5.92. The normalized spacial score (nSPS) is 20.0. The summed E-state index contributed by atoms with van der Waals surface area (Å²) in [6.45, 7) is 9.11. The molecule has 0 aliphatic carbocycles. The molecule has 8 heteroatoms. The minimum absolute atomic E-state index is 0.149. The lowest BCUT2D eigenvalue weighted by atomic mass is 9.97. The average Bonchev–Trinajstić information content (AvgIpc) is 3.23. The van der Waals surface area contributed by atoms with Gasteiger partial charge < -0.3 is 14.2 Å². The summed E-state index contributed by atoms with van der Waals surface area (Å²) < 4.78 is 10.9. The van der Waals surface area contributed by atoms with Crippen molar-refractivity contribution in [2.75, 3.05) is 32.8 Å². The van der Waals surface area contributed by atoms with Crippen LogP contribution in [0.5, 0.6) is 0 Å². The van der Waals surface area contributed by atoms with Crippen LogP contribution < -0.4 is 5.43 Å². The third kappa shape index (κ3) is 4.65. The van der Waals surface area contributed by atoms with E-state index >= 15 is 0 Å². The van der Waals surface area contributed by atoms with Crippen LogP contribution in [0.1, 0.15) is 46.4 Å². The van der Waals surface area contributed by atoms with E-state index in [9.17, 15) is 9.59 Å². The fourth-order valence-electron chi connectivity index (χ4n) is 4.56. The summed E-state index contributed by atoms with van der Waals surface area (Å²) in [6, 6.07) is 5.36. The zero-order valence-corrected chi connectivity index (χ0v) is 18.4. The van der Waals surface area contributed by atoms with Gasteiger partial charge in [0.25, 0.3) is 11.8 Å². The Hall–Kier alpha value is -2.71. The van der Waals surface area contributed by atoms with Crippen molar-refractivity contribution < 1.29 is 18.8 Å². The van der Waals surface area contributed by atoms with Crippen molar-refractivity contribution in [1.29, 1.82) is 0 Å². The number of nitrogens with zero attached hydrogens (tertiary/aromatic N) is 3. The summed E-state index contributed by atoms with van der Waals surface area (Å²) in [4.78, 5) is 27.8. The highest BCUT2D eigenvalue weighted by Gasteiger charge is 2.35. The summed E-state index contributed by atoms with van der Waals surface area (Å²) in [5.41, 5.74) is 7.48. The van der Waals surface area contributed by atoms with E-state index in [1.54, 1.807) is 11.0 Å². The number of aromatic nitrogens is 1. The standard InChI is InChI=1S/C23H30N4O4/c1-15-12-16(2)21(17(3)13-15)20-14-18(25-31-20)23(29)27-7-5-4-6-19(27)22(28)24-26-8-10-30-11-9-26/h12-14,19H,4-11H2,1-3H3,(H,24,28)/t19-/m0/s1. The number of aryl methyl sites for hydroxylation is 3. The Bertz CT molecular complexity index is 941. The second kappa shape index (κ2) is 9.20. The van der Waals surface area contributed by atoms with Gasteiger partial charge in [-0.2, -0.15) is 0 Å². The number of amides is 2. The Balaban J connectivity index is 1.52. The Morgan fingerprint density at radius 1 is 1.03 bits per heavy atom. The van der Waals surface area contributed by atoms with E-state index in [0.29, 0.717) is 45.0 Å². The molecule has 1 N–H and O–H groups in total. The molecule has 0 radical (unpaired) electrons. The van der Waals surface area contributed by atoms with Crippen LogP contribution in [0.25, 0.3) is 11.3 Å². The summed E-state index contributed by atoms with van der Waals surface area (Å²) in [7, 11) is 0. The van der Waals surface area contributed by atoms with Crippen LogP contribution in [0, 0.1) is 20.8 Å². The van der Waals surface area contributed by atoms with Crippen molar-refractivity contribution in [2.24, 2.45) is 0 Å². The molecule has 1 aromatic carbocycles. The van der Waals surface area contributed by atoms with Crippen LogP contribution >= 0.6 is 0 Å². The topological polar surface area (TPSA) is 87.9 Å². The van der Waals surface area contributed by atoms with Crippen molar-refractivity contribution >= 4 is 11.8 Å². The lowest BCUT2D eigenvalue weighted by Gasteiger charge is -2.36. The Kier molecular flexibility index (Phi) is 6.38. The molecule has 2 aliphatic rings. The molecule has 0 bridgehead atoms. The van der Waals surface area contributed by atoms with E-state index in [0.717, 1.165) is 29.5 Å². The number of likely N-dealkylation sites (tertiary alicyclic amines) is 1. The minimum Gasteiger partial charge on any atom is -0.379 e. The van der Waals surface area contributed by atoms with E-state index in [2.05, 4.69) is 29.6 Å². The highest BCUT2D eigenvalue weighted by Crippen LogP contribution is 2.30. The molecule has 166 valence electrons. The van der Waals surface area contributed by atoms with Gasteiger partial charge >= 0.3 is 0 Å². The van der Waals surface area contributed by atoms with Gasteiger partial charge in [-0.05, 0) is 51.2 Å². The number of ether oxygens (including phenoxy) is 1. The molecule has 8 nitrogen and oxygen atoms in total. The average molecular weight is 427 g/mol. The fraction of sp³-hybridized carbons (Fsp3) is 0.522. The van der Waals surface area contributed by atoms with Crippen molar-refractivity contribution in [3.8, 4) is 11.3 Å². The maximum Gasteiger partial charge on any atom is 0.276 e. The van der Waals surface area contributed by atoms with E-state index in [-0.39, 0.29) is 17.5 Å². The second-order valence-electron chi connectivity index (χ2n) is 8.44. The number of benzene rings is 1. The Morgan fingerprint density at radius 3 is 2.45 bits per heavy atom. The molecule has 1 atom stereocenters. The molecule has 31 heavy (non-hydrogen) atoms. The predicted molar refractivity (Wildman–Crippen MR) is 115 cm³/mol. The van der Waals surface area contributed by atoms with E-state index < -0.39 is 6.04 Å². The quantitative estimate of drug-likeness (QED) is 0.809. The summed E-state index contributed by atoms with van der Waals surface area (Å²) in [5.74, 6) is 0.160. The van der Waals surface area contributed by atoms with Gasteiger partial charge in [-0.1, -0.05) is 22.9 Å². The zero-order valence-electron chi connectivity index (χ0n) is 18.4. The largest absolute Gasteiger partial charge is 0.379 e. The predicted octanol–water partition coefficient (Wildman–Crippen LogP) is 2.62. The number of nitrogens with one attached hydrogen (secondary N) is 1. The number of piperidine rings is 1. The first-order valence-corrected chi connectivity index (χ1v) is 10.9. The highest BCUT2D eigenvalue weighted by atomic mass is 16.5. The van der Waals surface area contributed by atoms with Gasteiger partial charge in [-0.25, -0.2) is 5.01 Å². The molecule has 1 aromatic heterocycles. The number of carbonyl (C=O) groups excluding carboxylic acids is 2. The Labute approximate surface area is 182 Å². The lowest BCUT2D eigenvalue weighted by molar-refractivity contribution is -0.133. The van der Waals surface area contributed by atoms with Gasteiger partial charge in [0.2, 0.25) is 0 Å². The third-order valence-electron chi connectivity index (χ3n) is 6.00. The first-order valence-electron chi connectivity index (χ1n) is 10.9. The first kappa shape index (κ1) is 21.5. The maximum atomic E-state index is 13.3. The fourth-order valence-corrected chi connectivity index (χ4v) is 4.56. The Morgan fingerprint density at radius 2 is 1.74 bits per heavy atom. The third-order valence-corrected chi connectivity index (χ3v) is 6.00. The number of rotatable bonds is 4. The van der Waals surface area contributed by atoms with Gasteiger partial charge in [0.15, 0.2) is 11.5 Å². The van der Waals surface area contributed by atoms with E-state index in [1.807, 2.05) is 18.9 Å². The highest BCUT2D eigenvalue weighted by molar-refractivity contribution is 5.97. The molecular weight excluding hydrogens is 396 g/mol. The number of morpholine rings is 1. The number of hydrogen-bond acceptors (Lipinski definition) is 6. The monoisotopic (exact) mass is 426 g/mol. The van der Waals surface area contributed by atoms with Crippen LogP contribution in [-0.4, -0.2) is 65.8 Å². The van der Waals surface area contributed by atoms with Crippen molar-refractivity contribution in [2.45, 2.75) is 46.1 Å². The van der Waals surface area contributed by atoms with Gasteiger partial charge in [-0.15, -0.1) is 0 Å². The molecule has 4 rings (SSSR count). The minimum atomic E-state index is -0.507. The van der Waals surface area contributed by atoms with Crippen molar-refractivity contribution in [3.05, 3.63) is 40.6 Å². The molecule has 0 spiro atoms. The molecule has 0 saturated carbocycles. The molecule has 2 saturated heterocycles. The van der Waals surface area contributed by atoms with Crippen LogP contribution in [0.15, 0.2) is 22.7 Å². The van der Waals surface area contributed by atoms with Crippen LogP contribution in [-0.2, 0) is 9.53 Å². The van der Waals surface area contributed by atoms with E-state index in [1.165, 1.54) is 5.56 Å². The van der Waals surface area contributed by atoms with Crippen molar-refractivity contribution in [3.63, 3.8) is 0 Å². The molecule has 0 unspecified atom stereocenters. The summed E-state index contributed by atoms with van der Waals surface area (Å²) >= 11 is 0. The maximum absolute atomic E-state index is 13.3. The first-order chi connectivity index (χ1) is 14.9. The number of hydrogen-bond donors (Lipinski definition) is 1. The van der Waals surface area contributed by atoms with Gasteiger partial charge in [-0.3, -0.25) is 15.0 Å². The molecule has 2 fully saturated rings.